The number of rotatable bonds is 7. The summed E-state index contributed by atoms with van der Waals surface area (Å²) in [6, 6.07) is 8.21. The lowest BCUT2D eigenvalue weighted by Gasteiger charge is -2.11. The van der Waals surface area contributed by atoms with Gasteiger partial charge in [-0.05, 0) is 61.9 Å². The maximum atomic E-state index is 5.79. The van der Waals surface area contributed by atoms with Crippen LogP contribution in [0.1, 0.15) is 4.88 Å². The van der Waals surface area contributed by atoms with Gasteiger partial charge in [0.05, 0.1) is 8.95 Å². The van der Waals surface area contributed by atoms with E-state index in [1.807, 2.05) is 12.1 Å². The zero-order chi connectivity index (χ0) is 14.4. The molecule has 0 saturated carbocycles. The van der Waals surface area contributed by atoms with Crippen LogP contribution < -0.4 is 10.1 Å². The molecular formula is C14H14Br3NOS. The van der Waals surface area contributed by atoms with Crippen LogP contribution in [0.2, 0.25) is 0 Å². The Bertz CT molecular complexity index is 522. The number of hydrogen-bond donors (Lipinski definition) is 1. The lowest BCUT2D eigenvalue weighted by Crippen LogP contribution is -2.23. The van der Waals surface area contributed by atoms with Crippen molar-refractivity contribution in [2.75, 3.05) is 19.7 Å². The van der Waals surface area contributed by atoms with Gasteiger partial charge in [-0.15, -0.1) is 11.3 Å². The molecule has 2 nitrogen and oxygen atoms in total. The maximum absolute atomic E-state index is 5.79. The van der Waals surface area contributed by atoms with E-state index in [1.165, 1.54) is 4.88 Å². The quantitative estimate of drug-likeness (QED) is 0.543. The fraction of sp³-hybridized carbons (Fsp3) is 0.286. The summed E-state index contributed by atoms with van der Waals surface area (Å²) in [5, 5.41) is 5.50. The Kier molecular flexibility index (Phi) is 7.04. The van der Waals surface area contributed by atoms with Gasteiger partial charge in [0.2, 0.25) is 0 Å². The summed E-state index contributed by atoms with van der Waals surface area (Å²) in [7, 11) is 0. The number of benzene rings is 1. The van der Waals surface area contributed by atoms with Crippen molar-refractivity contribution in [3.05, 3.63) is 47.9 Å². The van der Waals surface area contributed by atoms with Crippen LogP contribution in [0.5, 0.6) is 5.75 Å². The Morgan fingerprint density at radius 2 is 1.85 bits per heavy atom. The van der Waals surface area contributed by atoms with E-state index in [2.05, 4.69) is 70.6 Å². The summed E-state index contributed by atoms with van der Waals surface area (Å²) >= 11 is 12.2. The molecule has 0 amide bonds. The van der Waals surface area contributed by atoms with Crippen LogP contribution in [-0.4, -0.2) is 19.7 Å². The second-order valence-electron chi connectivity index (χ2n) is 4.13. The number of nitrogens with one attached hydrogen (secondary N) is 1. The van der Waals surface area contributed by atoms with Gasteiger partial charge in [0, 0.05) is 22.4 Å². The Hall–Kier alpha value is 0.120. The minimum atomic E-state index is 0.642. The first kappa shape index (κ1) is 16.5. The predicted octanol–water partition coefficient (Wildman–Crippen LogP) is 5.25. The van der Waals surface area contributed by atoms with E-state index in [0.29, 0.717) is 6.61 Å². The first-order valence-electron chi connectivity index (χ1n) is 6.17. The fourth-order valence-electron chi connectivity index (χ4n) is 1.68. The van der Waals surface area contributed by atoms with E-state index >= 15 is 0 Å². The van der Waals surface area contributed by atoms with Crippen molar-refractivity contribution >= 4 is 59.1 Å². The molecule has 20 heavy (non-hydrogen) atoms. The standard InChI is InChI=1S/C14H14Br3NOS/c15-10-8-12(16)14(13(17)9-10)19-6-5-18-4-3-11-2-1-7-20-11/h1-2,7-9,18H,3-6H2. The summed E-state index contributed by atoms with van der Waals surface area (Å²) in [4.78, 5) is 1.41. The molecule has 108 valence electrons. The highest BCUT2D eigenvalue weighted by Crippen LogP contribution is 2.36. The average molecular weight is 484 g/mol. The minimum Gasteiger partial charge on any atom is -0.490 e. The fourth-order valence-corrected chi connectivity index (χ4v) is 4.88. The molecule has 1 heterocycles. The van der Waals surface area contributed by atoms with E-state index in [1.54, 1.807) is 11.3 Å². The smallest absolute Gasteiger partial charge is 0.147 e. The lowest BCUT2D eigenvalue weighted by atomic mass is 10.3. The third kappa shape index (κ3) is 5.15. The van der Waals surface area contributed by atoms with Gasteiger partial charge in [0.15, 0.2) is 0 Å². The number of ether oxygens (including phenoxy) is 1. The molecule has 0 saturated heterocycles. The molecule has 2 aromatic rings. The van der Waals surface area contributed by atoms with Crippen LogP contribution in [0.25, 0.3) is 0 Å². The highest BCUT2D eigenvalue weighted by molar-refractivity contribution is 9.11. The van der Waals surface area contributed by atoms with Crippen molar-refractivity contribution < 1.29 is 4.74 Å². The molecule has 0 atom stereocenters. The van der Waals surface area contributed by atoms with Gasteiger partial charge >= 0.3 is 0 Å². The number of hydrogen-bond acceptors (Lipinski definition) is 3. The van der Waals surface area contributed by atoms with Crippen LogP contribution in [0.15, 0.2) is 43.1 Å². The first-order valence-corrected chi connectivity index (χ1v) is 9.43. The van der Waals surface area contributed by atoms with Crippen molar-refractivity contribution in [3.63, 3.8) is 0 Å². The topological polar surface area (TPSA) is 21.3 Å². The highest BCUT2D eigenvalue weighted by Gasteiger charge is 2.07. The molecule has 0 fully saturated rings. The molecule has 0 aliphatic carbocycles. The van der Waals surface area contributed by atoms with Crippen LogP contribution in [0.3, 0.4) is 0 Å². The monoisotopic (exact) mass is 481 g/mol. The van der Waals surface area contributed by atoms with Gasteiger partial charge in [0.25, 0.3) is 0 Å². The molecule has 0 bridgehead atoms. The largest absolute Gasteiger partial charge is 0.490 e. The van der Waals surface area contributed by atoms with Crippen molar-refractivity contribution in [2.45, 2.75) is 6.42 Å². The zero-order valence-corrected chi connectivity index (χ0v) is 16.2. The molecule has 0 aliphatic heterocycles. The molecule has 0 unspecified atom stereocenters. The lowest BCUT2D eigenvalue weighted by molar-refractivity contribution is 0.311. The van der Waals surface area contributed by atoms with Gasteiger partial charge in [-0.25, -0.2) is 0 Å². The van der Waals surface area contributed by atoms with Crippen molar-refractivity contribution in [2.24, 2.45) is 0 Å². The first-order chi connectivity index (χ1) is 9.66. The molecule has 1 aromatic carbocycles. The van der Waals surface area contributed by atoms with Crippen LogP contribution in [-0.2, 0) is 6.42 Å². The summed E-state index contributed by atoms with van der Waals surface area (Å²) in [5.74, 6) is 0.841. The zero-order valence-electron chi connectivity index (χ0n) is 10.7. The van der Waals surface area contributed by atoms with Gasteiger partial charge < -0.3 is 10.1 Å². The molecule has 0 spiro atoms. The molecule has 1 N–H and O–H groups in total. The van der Waals surface area contributed by atoms with E-state index in [-0.39, 0.29) is 0 Å². The molecular weight excluding hydrogens is 470 g/mol. The minimum absolute atomic E-state index is 0.642. The second-order valence-corrected chi connectivity index (χ2v) is 7.78. The molecule has 1 aromatic heterocycles. The van der Waals surface area contributed by atoms with E-state index < -0.39 is 0 Å². The normalized spacial score (nSPS) is 10.8. The summed E-state index contributed by atoms with van der Waals surface area (Å²) < 4.78 is 8.68. The van der Waals surface area contributed by atoms with Gasteiger partial charge in [-0.2, -0.15) is 0 Å². The highest BCUT2D eigenvalue weighted by atomic mass is 79.9. The SMILES string of the molecule is Brc1cc(Br)c(OCCNCCc2cccs2)c(Br)c1. The third-order valence-corrected chi connectivity index (χ3v) is 5.19. The van der Waals surface area contributed by atoms with E-state index in [4.69, 9.17) is 4.74 Å². The van der Waals surface area contributed by atoms with Crippen LogP contribution >= 0.6 is 59.1 Å². The molecule has 0 aliphatic rings. The van der Waals surface area contributed by atoms with Crippen molar-refractivity contribution in [1.82, 2.24) is 5.32 Å². The van der Waals surface area contributed by atoms with Crippen molar-refractivity contribution in [3.8, 4) is 5.75 Å². The molecule has 2 rings (SSSR count). The molecule has 0 radical (unpaired) electrons. The Balaban J connectivity index is 1.68. The van der Waals surface area contributed by atoms with Crippen molar-refractivity contribution in [1.29, 1.82) is 0 Å². The van der Waals surface area contributed by atoms with Gasteiger partial charge in [-0.3, -0.25) is 0 Å². The van der Waals surface area contributed by atoms with E-state index in [9.17, 15) is 0 Å². The summed E-state index contributed by atoms with van der Waals surface area (Å²) in [6.45, 7) is 2.45. The maximum Gasteiger partial charge on any atom is 0.147 e. The molecule has 6 heteroatoms. The van der Waals surface area contributed by atoms with E-state index in [0.717, 1.165) is 38.7 Å². The van der Waals surface area contributed by atoms with Gasteiger partial charge in [-0.1, -0.05) is 22.0 Å². The predicted molar refractivity (Wildman–Crippen MR) is 95.9 cm³/mol. The Morgan fingerprint density at radius 1 is 1.10 bits per heavy atom. The van der Waals surface area contributed by atoms with Crippen LogP contribution in [0.4, 0.5) is 0 Å². The Labute approximate surface area is 148 Å². The average Bonchev–Trinajstić information content (AvgIpc) is 2.89. The second kappa shape index (κ2) is 8.54. The summed E-state index contributed by atoms with van der Waals surface area (Å²) in [5.41, 5.74) is 0. The Morgan fingerprint density at radius 3 is 2.50 bits per heavy atom. The third-order valence-electron chi connectivity index (χ3n) is 2.62. The number of halogens is 3. The number of thiophene rings is 1. The van der Waals surface area contributed by atoms with Gasteiger partial charge in [0.1, 0.15) is 12.4 Å². The summed E-state index contributed by atoms with van der Waals surface area (Å²) in [6.07, 6.45) is 1.07. The van der Waals surface area contributed by atoms with Crippen LogP contribution in [0, 0.1) is 0 Å².